The van der Waals surface area contributed by atoms with E-state index < -0.39 is 0 Å². The average molecular weight is 229 g/mol. The number of nitrogens with two attached hydrogens (primary N) is 1. The van der Waals surface area contributed by atoms with Crippen molar-refractivity contribution in [1.29, 1.82) is 0 Å². The first kappa shape index (κ1) is 10.4. The first-order valence-corrected chi connectivity index (χ1v) is 5.87. The van der Waals surface area contributed by atoms with E-state index in [-0.39, 0.29) is 5.91 Å². The average Bonchev–Trinajstić information content (AvgIpc) is 2.96. The molecule has 0 saturated carbocycles. The van der Waals surface area contributed by atoms with Gasteiger partial charge in [0.15, 0.2) is 0 Å². The van der Waals surface area contributed by atoms with Gasteiger partial charge in [-0.15, -0.1) is 0 Å². The molecular formula is C13H15N3O. The minimum absolute atomic E-state index is 0.371. The highest BCUT2D eigenvalue weighted by molar-refractivity contribution is 5.97. The van der Waals surface area contributed by atoms with Crippen molar-refractivity contribution in [2.75, 3.05) is 13.1 Å². The first-order chi connectivity index (χ1) is 8.25. The van der Waals surface area contributed by atoms with Gasteiger partial charge < -0.3 is 15.6 Å². The number of carbonyl (C=O) groups excluding carboxylic acids is 1. The molecule has 0 radical (unpaired) electrons. The summed E-state index contributed by atoms with van der Waals surface area (Å²) in [6, 6.07) is 8.18. The highest BCUT2D eigenvalue weighted by Crippen LogP contribution is 2.24. The number of amides is 1. The lowest BCUT2D eigenvalue weighted by Gasteiger charge is -2.12. The van der Waals surface area contributed by atoms with Crippen LogP contribution in [0.1, 0.15) is 22.8 Å². The Bertz CT molecular complexity index is 567. The Kier molecular flexibility index (Phi) is 2.37. The molecule has 3 N–H and O–H groups in total. The van der Waals surface area contributed by atoms with Crippen LogP contribution in [0, 0.1) is 0 Å². The van der Waals surface area contributed by atoms with E-state index in [1.807, 2.05) is 12.1 Å². The topological polar surface area (TPSA) is 60.1 Å². The summed E-state index contributed by atoms with van der Waals surface area (Å²) in [6.07, 6.45) is 3.22. The van der Waals surface area contributed by atoms with Crippen molar-refractivity contribution in [3.63, 3.8) is 0 Å². The highest BCUT2D eigenvalue weighted by Gasteiger charge is 2.17. The van der Waals surface area contributed by atoms with Crippen molar-refractivity contribution in [3.8, 4) is 0 Å². The van der Waals surface area contributed by atoms with Gasteiger partial charge in [-0.25, -0.2) is 0 Å². The number of rotatable bonds is 2. The van der Waals surface area contributed by atoms with Gasteiger partial charge in [-0.1, -0.05) is 6.07 Å². The van der Waals surface area contributed by atoms with Crippen molar-refractivity contribution in [2.45, 2.75) is 12.5 Å². The molecule has 4 heteroatoms. The molecule has 2 aromatic rings. The molecule has 0 spiro atoms. The Morgan fingerprint density at radius 2 is 2.29 bits per heavy atom. The van der Waals surface area contributed by atoms with E-state index in [4.69, 9.17) is 5.73 Å². The van der Waals surface area contributed by atoms with Gasteiger partial charge in [-0.2, -0.15) is 0 Å². The standard InChI is InChI=1S/C13H15N3O/c14-13(17)10-2-1-9-4-6-16(12(9)7-10)11-3-5-15-8-11/h1-2,4,6-7,11,15H,3,5,8H2,(H2,14,17)/t11-/m0/s1. The largest absolute Gasteiger partial charge is 0.366 e. The third-order valence-corrected chi connectivity index (χ3v) is 3.44. The van der Waals surface area contributed by atoms with Crippen molar-refractivity contribution in [1.82, 2.24) is 9.88 Å². The normalized spacial score (nSPS) is 19.9. The maximum absolute atomic E-state index is 11.2. The molecule has 1 aromatic carbocycles. The maximum Gasteiger partial charge on any atom is 0.248 e. The lowest BCUT2D eigenvalue weighted by molar-refractivity contribution is 0.100. The third kappa shape index (κ3) is 1.70. The number of aromatic nitrogens is 1. The molecule has 3 rings (SSSR count). The second-order valence-electron chi connectivity index (χ2n) is 4.51. The van der Waals surface area contributed by atoms with E-state index in [0.29, 0.717) is 11.6 Å². The zero-order valence-corrected chi connectivity index (χ0v) is 9.52. The van der Waals surface area contributed by atoms with E-state index in [2.05, 4.69) is 22.1 Å². The predicted octanol–water partition coefficient (Wildman–Crippen LogP) is 1.27. The van der Waals surface area contributed by atoms with Crippen LogP contribution >= 0.6 is 0 Å². The van der Waals surface area contributed by atoms with Crippen molar-refractivity contribution in [3.05, 3.63) is 36.0 Å². The summed E-state index contributed by atoms with van der Waals surface area (Å²) in [6.45, 7) is 2.05. The Labute approximate surface area is 99.4 Å². The maximum atomic E-state index is 11.2. The number of benzene rings is 1. The minimum Gasteiger partial charge on any atom is -0.366 e. The molecule has 0 unspecified atom stereocenters. The number of hydrogen-bond acceptors (Lipinski definition) is 2. The Hall–Kier alpha value is -1.81. The van der Waals surface area contributed by atoms with Gasteiger partial charge in [0, 0.05) is 29.9 Å². The number of hydrogen-bond donors (Lipinski definition) is 2. The summed E-state index contributed by atoms with van der Waals surface area (Å²) in [5.74, 6) is -0.371. The van der Waals surface area contributed by atoms with Crippen LogP contribution in [0.3, 0.4) is 0 Å². The number of nitrogens with zero attached hydrogens (tertiary/aromatic N) is 1. The van der Waals surface area contributed by atoms with Crippen molar-refractivity contribution in [2.24, 2.45) is 5.73 Å². The summed E-state index contributed by atoms with van der Waals surface area (Å²) in [4.78, 5) is 11.2. The van der Waals surface area contributed by atoms with Crippen LogP contribution in [0.25, 0.3) is 10.9 Å². The summed E-state index contributed by atoms with van der Waals surface area (Å²) in [5, 5.41) is 4.50. The van der Waals surface area contributed by atoms with Crippen LogP contribution in [-0.4, -0.2) is 23.6 Å². The number of fused-ring (bicyclic) bond motifs is 1. The quantitative estimate of drug-likeness (QED) is 0.814. The molecule has 1 amide bonds. The smallest absolute Gasteiger partial charge is 0.248 e. The summed E-state index contributed by atoms with van der Waals surface area (Å²) in [7, 11) is 0. The zero-order chi connectivity index (χ0) is 11.8. The third-order valence-electron chi connectivity index (χ3n) is 3.44. The first-order valence-electron chi connectivity index (χ1n) is 5.87. The SMILES string of the molecule is NC(=O)c1ccc2ccn([C@H]3CCNC3)c2c1. The lowest BCUT2D eigenvalue weighted by atomic mass is 10.1. The summed E-state index contributed by atoms with van der Waals surface area (Å²) < 4.78 is 2.24. The monoisotopic (exact) mass is 229 g/mol. The molecule has 0 bridgehead atoms. The van der Waals surface area contributed by atoms with Crippen molar-refractivity contribution < 1.29 is 4.79 Å². The van der Waals surface area contributed by atoms with E-state index >= 15 is 0 Å². The van der Waals surface area contributed by atoms with Crippen LogP contribution in [0.5, 0.6) is 0 Å². The number of carbonyl (C=O) groups is 1. The van der Waals surface area contributed by atoms with Crippen LogP contribution in [0.2, 0.25) is 0 Å². The van der Waals surface area contributed by atoms with E-state index in [9.17, 15) is 4.79 Å². The van der Waals surface area contributed by atoms with Gasteiger partial charge in [-0.05, 0) is 36.6 Å². The second-order valence-corrected chi connectivity index (χ2v) is 4.51. The van der Waals surface area contributed by atoms with Gasteiger partial charge in [0.1, 0.15) is 0 Å². The molecule has 88 valence electrons. The van der Waals surface area contributed by atoms with Gasteiger partial charge >= 0.3 is 0 Å². The zero-order valence-electron chi connectivity index (χ0n) is 9.52. The molecule has 17 heavy (non-hydrogen) atoms. The fourth-order valence-corrected chi connectivity index (χ4v) is 2.50. The van der Waals surface area contributed by atoms with Gasteiger partial charge in [0.05, 0.1) is 0 Å². The van der Waals surface area contributed by atoms with E-state index in [0.717, 1.165) is 30.4 Å². The molecular weight excluding hydrogens is 214 g/mol. The van der Waals surface area contributed by atoms with Gasteiger partial charge in [0.2, 0.25) is 5.91 Å². The summed E-state index contributed by atoms with van der Waals surface area (Å²) >= 11 is 0. The van der Waals surface area contributed by atoms with E-state index in [1.54, 1.807) is 6.07 Å². The fourth-order valence-electron chi connectivity index (χ4n) is 2.50. The van der Waals surface area contributed by atoms with Crippen LogP contribution in [-0.2, 0) is 0 Å². The molecule has 1 saturated heterocycles. The molecule has 1 fully saturated rings. The Morgan fingerprint density at radius 1 is 1.41 bits per heavy atom. The van der Waals surface area contributed by atoms with Crippen molar-refractivity contribution >= 4 is 16.8 Å². The fraction of sp³-hybridized carbons (Fsp3) is 0.308. The van der Waals surface area contributed by atoms with E-state index in [1.165, 1.54) is 0 Å². The van der Waals surface area contributed by atoms with Gasteiger partial charge in [0.25, 0.3) is 0 Å². The molecule has 1 aliphatic heterocycles. The minimum atomic E-state index is -0.371. The highest BCUT2D eigenvalue weighted by atomic mass is 16.1. The number of nitrogens with one attached hydrogen (secondary N) is 1. The lowest BCUT2D eigenvalue weighted by Crippen LogP contribution is -2.13. The Balaban J connectivity index is 2.11. The molecule has 4 nitrogen and oxygen atoms in total. The van der Waals surface area contributed by atoms with Crippen LogP contribution in [0.4, 0.5) is 0 Å². The molecule has 2 heterocycles. The van der Waals surface area contributed by atoms with Crippen LogP contribution < -0.4 is 11.1 Å². The molecule has 0 aliphatic carbocycles. The second kappa shape index (κ2) is 3.89. The Morgan fingerprint density at radius 3 is 3.00 bits per heavy atom. The summed E-state index contributed by atoms with van der Waals surface area (Å²) in [5.41, 5.74) is 6.98. The molecule has 1 aromatic heterocycles. The number of primary amides is 1. The predicted molar refractivity (Wildman–Crippen MR) is 67.0 cm³/mol. The van der Waals surface area contributed by atoms with Gasteiger partial charge in [-0.3, -0.25) is 4.79 Å². The molecule has 1 atom stereocenters. The molecule has 1 aliphatic rings. The van der Waals surface area contributed by atoms with Crippen LogP contribution in [0.15, 0.2) is 30.5 Å².